The van der Waals surface area contributed by atoms with Crippen LogP contribution in [0.15, 0.2) is 24.5 Å². The van der Waals surface area contributed by atoms with E-state index < -0.39 is 5.92 Å². The molecule has 4 rings (SSSR count). The zero-order chi connectivity index (χ0) is 21.5. The lowest BCUT2D eigenvalue weighted by Crippen LogP contribution is -2.40. The molecule has 1 saturated heterocycles. The Balaban J connectivity index is 1.49. The number of halogens is 2. The van der Waals surface area contributed by atoms with E-state index in [-0.39, 0.29) is 43.4 Å². The van der Waals surface area contributed by atoms with E-state index in [1.54, 1.807) is 17.2 Å². The predicted octanol–water partition coefficient (Wildman–Crippen LogP) is 2.54. The van der Waals surface area contributed by atoms with Gasteiger partial charge in [-0.05, 0) is 30.2 Å². The third-order valence-electron chi connectivity index (χ3n) is 5.64. The van der Waals surface area contributed by atoms with Crippen LogP contribution in [0.2, 0.25) is 0 Å². The Labute approximate surface area is 173 Å². The number of aryl methyl sites for hydroxylation is 1. The molecule has 9 heteroatoms. The highest BCUT2D eigenvalue weighted by Crippen LogP contribution is 2.31. The molecule has 0 unspecified atom stereocenters. The summed E-state index contributed by atoms with van der Waals surface area (Å²) in [5, 5.41) is 2.55. The van der Waals surface area contributed by atoms with E-state index >= 15 is 0 Å². The third kappa shape index (κ3) is 3.71. The lowest BCUT2D eigenvalue weighted by atomic mass is 10.1. The molecule has 30 heavy (non-hydrogen) atoms. The molecule has 1 fully saturated rings. The molecule has 0 atom stereocenters. The Morgan fingerprint density at radius 2 is 2.00 bits per heavy atom. The average molecular weight is 415 g/mol. The van der Waals surface area contributed by atoms with Gasteiger partial charge in [-0.1, -0.05) is 0 Å². The number of amides is 2. The number of piperidine rings is 1. The SMILES string of the molecule is CNC(=O)c1nccc2c1CN(Cc1cnc(N3CCC(F)(F)CC3)c(C)c1)C2=O. The first-order valence-corrected chi connectivity index (χ1v) is 9.86. The smallest absolute Gasteiger partial charge is 0.269 e. The van der Waals surface area contributed by atoms with Crippen molar-refractivity contribution in [3.05, 3.63) is 52.5 Å². The molecule has 2 amide bonds. The standard InChI is InChI=1S/C21H23F2N5O2/c1-13-9-14(10-26-18(13)27-7-4-21(22,23)5-8-27)11-28-12-16-15(20(28)30)3-6-25-17(16)19(29)24-2/h3,6,9-10H,4-5,7-8,11-12H2,1-2H3,(H,24,29). The first-order chi connectivity index (χ1) is 14.3. The molecule has 2 aliphatic rings. The van der Waals surface area contributed by atoms with Gasteiger partial charge in [-0.2, -0.15) is 0 Å². The topological polar surface area (TPSA) is 78.4 Å². The molecule has 7 nitrogen and oxygen atoms in total. The molecule has 0 aliphatic carbocycles. The minimum absolute atomic E-state index is 0.155. The van der Waals surface area contributed by atoms with Gasteiger partial charge in [-0.25, -0.2) is 13.8 Å². The summed E-state index contributed by atoms with van der Waals surface area (Å²) in [6, 6.07) is 3.56. The van der Waals surface area contributed by atoms with Crippen molar-refractivity contribution in [2.75, 3.05) is 25.0 Å². The van der Waals surface area contributed by atoms with Crippen molar-refractivity contribution in [2.45, 2.75) is 38.8 Å². The fourth-order valence-corrected chi connectivity index (χ4v) is 4.04. The maximum absolute atomic E-state index is 13.4. The van der Waals surface area contributed by atoms with Crippen LogP contribution in [0.1, 0.15) is 50.4 Å². The zero-order valence-electron chi connectivity index (χ0n) is 16.9. The summed E-state index contributed by atoms with van der Waals surface area (Å²) in [6.45, 7) is 3.08. The van der Waals surface area contributed by atoms with Gasteiger partial charge in [-0.3, -0.25) is 14.6 Å². The maximum atomic E-state index is 13.4. The van der Waals surface area contributed by atoms with Crippen LogP contribution < -0.4 is 10.2 Å². The molecule has 2 aromatic rings. The number of carbonyl (C=O) groups is 2. The van der Waals surface area contributed by atoms with E-state index in [1.165, 1.54) is 13.2 Å². The van der Waals surface area contributed by atoms with Crippen molar-refractivity contribution in [3.63, 3.8) is 0 Å². The number of alkyl halides is 2. The van der Waals surface area contributed by atoms with Crippen LogP contribution in [0.25, 0.3) is 0 Å². The van der Waals surface area contributed by atoms with Crippen LogP contribution in [-0.4, -0.2) is 52.7 Å². The Hall–Kier alpha value is -3.10. The zero-order valence-corrected chi connectivity index (χ0v) is 16.9. The molecule has 0 aromatic carbocycles. The summed E-state index contributed by atoms with van der Waals surface area (Å²) < 4.78 is 26.8. The number of carbonyl (C=O) groups excluding carboxylic acids is 2. The summed E-state index contributed by atoms with van der Waals surface area (Å²) in [5.74, 6) is -2.37. The van der Waals surface area contributed by atoms with E-state index in [9.17, 15) is 18.4 Å². The second-order valence-electron chi connectivity index (χ2n) is 7.75. The van der Waals surface area contributed by atoms with Gasteiger partial charge in [0.05, 0.1) is 0 Å². The molecule has 0 radical (unpaired) electrons. The fraction of sp³-hybridized carbons (Fsp3) is 0.429. The molecule has 4 heterocycles. The Morgan fingerprint density at radius 1 is 1.27 bits per heavy atom. The largest absolute Gasteiger partial charge is 0.356 e. The Kier molecular flexibility index (Phi) is 5.13. The molecule has 2 aromatic heterocycles. The highest BCUT2D eigenvalue weighted by molar-refractivity contribution is 6.03. The number of nitrogens with one attached hydrogen (secondary N) is 1. The van der Waals surface area contributed by atoms with Gasteiger partial charge in [0.2, 0.25) is 0 Å². The molecule has 2 aliphatic heterocycles. The van der Waals surface area contributed by atoms with Crippen LogP contribution in [-0.2, 0) is 13.1 Å². The van der Waals surface area contributed by atoms with Crippen LogP contribution in [0.4, 0.5) is 14.6 Å². The maximum Gasteiger partial charge on any atom is 0.269 e. The molecule has 1 N–H and O–H groups in total. The first-order valence-electron chi connectivity index (χ1n) is 9.86. The first kappa shape index (κ1) is 20.2. The third-order valence-corrected chi connectivity index (χ3v) is 5.64. The average Bonchev–Trinajstić information content (AvgIpc) is 3.03. The second kappa shape index (κ2) is 7.62. The summed E-state index contributed by atoms with van der Waals surface area (Å²) in [7, 11) is 1.53. The van der Waals surface area contributed by atoms with Crippen LogP contribution in [0.5, 0.6) is 0 Å². The van der Waals surface area contributed by atoms with Crippen LogP contribution in [0, 0.1) is 6.92 Å². The molecular weight excluding hydrogens is 392 g/mol. The van der Waals surface area contributed by atoms with Crippen molar-refractivity contribution in [1.82, 2.24) is 20.2 Å². The Bertz CT molecular complexity index is 1000. The summed E-state index contributed by atoms with van der Waals surface area (Å²) in [5.41, 5.74) is 3.10. The number of anilines is 1. The van der Waals surface area contributed by atoms with Gasteiger partial charge in [-0.15, -0.1) is 0 Å². The van der Waals surface area contributed by atoms with Gasteiger partial charge in [0.25, 0.3) is 17.7 Å². The summed E-state index contributed by atoms with van der Waals surface area (Å²) >= 11 is 0. The van der Waals surface area contributed by atoms with Gasteiger partial charge < -0.3 is 15.1 Å². The van der Waals surface area contributed by atoms with Crippen LogP contribution >= 0.6 is 0 Å². The molecule has 0 bridgehead atoms. The predicted molar refractivity (Wildman–Crippen MR) is 107 cm³/mol. The number of hydrogen-bond donors (Lipinski definition) is 1. The van der Waals surface area contributed by atoms with E-state index in [4.69, 9.17) is 0 Å². The minimum atomic E-state index is -2.60. The second-order valence-corrected chi connectivity index (χ2v) is 7.75. The number of fused-ring (bicyclic) bond motifs is 1. The lowest BCUT2D eigenvalue weighted by molar-refractivity contribution is -0.0221. The quantitative estimate of drug-likeness (QED) is 0.830. The van der Waals surface area contributed by atoms with Gasteiger partial charge in [0, 0.05) is 69.6 Å². The minimum Gasteiger partial charge on any atom is -0.356 e. The van der Waals surface area contributed by atoms with Crippen molar-refractivity contribution in [2.24, 2.45) is 0 Å². The Morgan fingerprint density at radius 3 is 2.67 bits per heavy atom. The van der Waals surface area contributed by atoms with Crippen molar-refractivity contribution in [1.29, 1.82) is 0 Å². The van der Waals surface area contributed by atoms with Crippen molar-refractivity contribution in [3.8, 4) is 0 Å². The van der Waals surface area contributed by atoms with E-state index in [1.807, 2.05) is 17.9 Å². The number of aromatic nitrogens is 2. The summed E-state index contributed by atoms with van der Waals surface area (Å²) in [4.78, 5) is 37.0. The van der Waals surface area contributed by atoms with E-state index in [0.29, 0.717) is 30.0 Å². The van der Waals surface area contributed by atoms with Gasteiger partial charge >= 0.3 is 0 Å². The molecule has 0 spiro atoms. The van der Waals surface area contributed by atoms with Gasteiger partial charge in [0.15, 0.2) is 0 Å². The fourth-order valence-electron chi connectivity index (χ4n) is 4.04. The van der Waals surface area contributed by atoms with E-state index in [0.717, 1.165) is 11.1 Å². The number of nitrogens with zero attached hydrogens (tertiary/aromatic N) is 4. The van der Waals surface area contributed by atoms with Crippen molar-refractivity contribution < 1.29 is 18.4 Å². The molecule has 158 valence electrons. The van der Waals surface area contributed by atoms with Gasteiger partial charge in [0.1, 0.15) is 11.5 Å². The van der Waals surface area contributed by atoms with Crippen LogP contribution in [0.3, 0.4) is 0 Å². The highest BCUT2D eigenvalue weighted by Gasteiger charge is 2.35. The number of hydrogen-bond acceptors (Lipinski definition) is 5. The lowest BCUT2D eigenvalue weighted by Gasteiger charge is -2.33. The number of pyridine rings is 2. The van der Waals surface area contributed by atoms with Crippen molar-refractivity contribution >= 4 is 17.6 Å². The molecule has 0 saturated carbocycles. The van der Waals surface area contributed by atoms with E-state index in [2.05, 4.69) is 15.3 Å². The summed E-state index contributed by atoms with van der Waals surface area (Å²) in [6.07, 6.45) is 2.81. The normalized spacial score (nSPS) is 17.8. The monoisotopic (exact) mass is 415 g/mol. The number of rotatable bonds is 4. The highest BCUT2D eigenvalue weighted by atomic mass is 19.3. The molecular formula is C21H23F2N5O2.